The van der Waals surface area contributed by atoms with Crippen LogP contribution in [0.4, 0.5) is 0 Å². The van der Waals surface area contributed by atoms with Gasteiger partial charge in [-0.2, -0.15) is 0 Å². The number of rotatable bonds is 9. The SMILES string of the molecule is CCC(C)N(CC)C(=O)CN1CC(c2ccc3c(c2)OCO3)[C@H](C(=O)O)[C@H]1c1ccc(OC)cc1. The maximum atomic E-state index is 13.4. The molecule has 0 radical (unpaired) electrons. The van der Waals surface area contributed by atoms with Gasteiger partial charge in [0.1, 0.15) is 5.75 Å². The second-order valence-corrected chi connectivity index (χ2v) is 9.17. The van der Waals surface area contributed by atoms with Gasteiger partial charge < -0.3 is 24.2 Å². The summed E-state index contributed by atoms with van der Waals surface area (Å²) < 4.78 is 16.3. The van der Waals surface area contributed by atoms with E-state index >= 15 is 0 Å². The molecule has 4 atom stereocenters. The smallest absolute Gasteiger partial charge is 0.309 e. The zero-order valence-corrected chi connectivity index (χ0v) is 20.8. The topological polar surface area (TPSA) is 88.5 Å². The van der Waals surface area contributed by atoms with Crippen LogP contribution in [-0.2, 0) is 9.59 Å². The first-order valence-corrected chi connectivity index (χ1v) is 12.2. The Morgan fingerprint density at radius 2 is 1.80 bits per heavy atom. The van der Waals surface area contributed by atoms with Crippen LogP contribution in [0.3, 0.4) is 0 Å². The first-order chi connectivity index (χ1) is 16.9. The van der Waals surface area contributed by atoms with Crippen molar-refractivity contribution in [3.05, 3.63) is 53.6 Å². The number of fused-ring (bicyclic) bond motifs is 1. The molecule has 35 heavy (non-hydrogen) atoms. The summed E-state index contributed by atoms with van der Waals surface area (Å²) in [5.74, 6) is 0.0347. The molecule has 2 aliphatic heterocycles. The maximum Gasteiger partial charge on any atom is 0.309 e. The Balaban J connectivity index is 1.71. The Morgan fingerprint density at radius 1 is 1.11 bits per heavy atom. The lowest BCUT2D eigenvalue weighted by Crippen LogP contribution is -2.44. The van der Waals surface area contributed by atoms with Gasteiger partial charge >= 0.3 is 5.97 Å². The number of carbonyl (C=O) groups is 2. The molecular weight excluding hydrogens is 448 g/mol. The first kappa shape index (κ1) is 24.9. The van der Waals surface area contributed by atoms with Crippen molar-refractivity contribution in [3.8, 4) is 17.2 Å². The van der Waals surface area contributed by atoms with Gasteiger partial charge in [-0.05, 0) is 55.7 Å². The van der Waals surface area contributed by atoms with E-state index in [9.17, 15) is 14.7 Å². The van der Waals surface area contributed by atoms with Crippen LogP contribution in [0, 0.1) is 5.92 Å². The molecule has 1 amide bonds. The number of nitrogens with zero attached hydrogens (tertiary/aromatic N) is 2. The fourth-order valence-electron chi connectivity index (χ4n) is 5.29. The lowest BCUT2D eigenvalue weighted by Gasteiger charge is -2.32. The molecule has 8 nitrogen and oxygen atoms in total. The van der Waals surface area contributed by atoms with Gasteiger partial charge in [0.15, 0.2) is 11.5 Å². The number of ether oxygens (including phenoxy) is 3. The van der Waals surface area contributed by atoms with Crippen molar-refractivity contribution in [2.24, 2.45) is 5.92 Å². The van der Waals surface area contributed by atoms with Gasteiger partial charge in [-0.1, -0.05) is 25.1 Å². The fraction of sp³-hybridized carbons (Fsp3) is 0.481. The van der Waals surface area contributed by atoms with Crippen LogP contribution in [0.2, 0.25) is 0 Å². The monoisotopic (exact) mass is 482 g/mol. The van der Waals surface area contributed by atoms with Gasteiger partial charge in [-0.3, -0.25) is 14.5 Å². The molecule has 2 heterocycles. The molecule has 0 aliphatic carbocycles. The number of likely N-dealkylation sites (N-methyl/N-ethyl adjacent to an activating group) is 1. The summed E-state index contributed by atoms with van der Waals surface area (Å²) >= 11 is 0. The molecule has 4 rings (SSSR count). The molecule has 2 aliphatic rings. The van der Waals surface area contributed by atoms with E-state index in [1.54, 1.807) is 7.11 Å². The predicted molar refractivity (Wildman–Crippen MR) is 131 cm³/mol. The van der Waals surface area contributed by atoms with Gasteiger partial charge in [0.05, 0.1) is 19.6 Å². The average Bonchev–Trinajstić information content (AvgIpc) is 3.48. The highest BCUT2D eigenvalue weighted by Crippen LogP contribution is 2.47. The molecule has 1 fully saturated rings. The zero-order valence-electron chi connectivity index (χ0n) is 20.8. The molecule has 0 bridgehead atoms. The first-order valence-electron chi connectivity index (χ1n) is 12.2. The lowest BCUT2D eigenvalue weighted by molar-refractivity contribution is -0.144. The van der Waals surface area contributed by atoms with Crippen molar-refractivity contribution in [3.63, 3.8) is 0 Å². The largest absolute Gasteiger partial charge is 0.497 e. The maximum absolute atomic E-state index is 13.4. The molecule has 2 unspecified atom stereocenters. The fourth-order valence-corrected chi connectivity index (χ4v) is 5.29. The molecular formula is C27H34N2O6. The number of hydrogen-bond acceptors (Lipinski definition) is 6. The third-order valence-electron chi connectivity index (χ3n) is 7.29. The van der Waals surface area contributed by atoms with Crippen molar-refractivity contribution < 1.29 is 28.9 Å². The van der Waals surface area contributed by atoms with Crippen molar-refractivity contribution in [2.75, 3.05) is 33.5 Å². The second-order valence-electron chi connectivity index (χ2n) is 9.17. The van der Waals surface area contributed by atoms with Gasteiger partial charge in [0.25, 0.3) is 0 Å². The minimum Gasteiger partial charge on any atom is -0.497 e. The summed E-state index contributed by atoms with van der Waals surface area (Å²) in [6, 6.07) is 12.7. The predicted octanol–water partition coefficient (Wildman–Crippen LogP) is 3.91. The summed E-state index contributed by atoms with van der Waals surface area (Å²) in [7, 11) is 1.60. The minimum absolute atomic E-state index is 0.0100. The molecule has 1 N–H and O–H groups in total. The van der Waals surface area contributed by atoms with E-state index in [-0.39, 0.29) is 31.2 Å². The summed E-state index contributed by atoms with van der Waals surface area (Å²) in [5, 5.41) is 10.4. The van der Waals surface area contributed by atoms with Crippen LogP contribution in [-0.4, -0.2) is 66.4 Å². The van der Waals surface area contributed by atoms with Crippen LogP contribution >= 0.6 is 0 Å². The minimum atomic E-state index is -0.891. The molecule has 1 saturated heterocycles. The van der Waals surface area contributed by atoms with Crippen LogP contribution in [0.25, 0.3) is 0 Å². The highest BCUT2D eigenvalue weighted by atomic mass is 16.7. The molecule has 188 valence electrons. The standard InChI is InChI=1S/C27H34N2O6/c1-5-17(3)29(6-2)24(30)15-28-14-21(19-9-12-22-23(13-19)35-16-34-22)25(27(31)32)26(28)18-7-10-20(33-4)11-8-18/h7-13,17,21,25-26H,5-6,14-16H2,1-4H3,(H,31,32)/t17?,21?,25-,26+/m0/s1. The highest BCUT2D eigenvalue weighted by molar-refractivity contribution is 5.79. The van der Waals surface area contributed by atoms with E-state index in [0.29, 0.717) is 30.3 Å². The second kappa shape index (κ2) is 10.6. The lowest BCUT2D eigenvalue weighted by atomic mass is 9.82. The van der Waals surface area contributed by atoms with E-state index in [2.05, 4.69) is 6.92 Å². The van der Waals surface area contributed by atoms with Gasteiger partial charge in [-0.15, -0.1) is 0 Å². The number of carbonyl (C=O) groups excluding carboxylic acids is 1. The van der Waals surface area contributed by atoms with E-state index in [0.717, 1.165) is 17.5 Å². The molecule has 2 aromatic rings. The quantitative estimate of drug-likeness (QED) is 0.580. The zero-order chi connectivity index (χ0) is 25.1. The number of likely N-dealkylation sites (tertiary alicyclic amines) is 1. The molecule has 2 aromatic carbocycles. The van der Waals surface area contributed by atoms with Gasteiger partial charge in [-0.25, -0.2) is 0 Å². The molecule has 0 aromatic heterocycles. The Morgan fingerprint density at radius 3 is 2.43 bits per heavy atom. The van der Waals surface area contributed by atoms with E-state index < -0.39 is 17.9 Å². The normalized spacial score (nSPS) is 22.1. The number of aliphatic carboxylic acids is 1. The van der Waals surface area contributed by atoms with Crippen LogP contribution in [0.1, 0.15) is 50.3 Å². The summed E-state index contributed by atoms with van der Waals surface area (Å²) in [6.07, 6.45) is 0.860. The number of methoxy groups -OCH3 is 1. The van der Waals surface area contributed by atoms with Gasteiger partial charge in [0, 0.05) is 31.1 Å². The van der Waals surface area contributed by atoms with Crippen LogP contribution in [0.5, 0.6) is 17.2 Å². The number of carboxylic acids is 1. The average molecular weight is 483 g/mol. The molecule has 8 heteroatoms. The molecule has 0 spiro atoms. The number of carboxylic acid groups (broad SMARTS) is 1. The van der Waals surface area contributed by atoms with Crippen molar-refractivity contribution in [2.45, 2.75) is 45.2 Å². The number of benzene rings is 2. The van der Waals surface area contributed by atoms with Crippen molar-refractivity contribution in [1.82, 2.24) is 9.80 Å². The van der Waals surface area contributed by atoms with Crippen LogP contribution < -0.4 is 14.2 Å². The van der Waals surface area contributed by atoms with Gasteiger partial charge in [0.2, 0.25) is 12.7 Å². The highest BCUT2D eigenvalue weighted by Gasteiger charge is 2.48. The van der Waals surface area contributed by atoms with Crippen molar-refractivity contribution >= 4 is 11.9 Å². The van der Waals surface area contributed by atoms with E-state index in [1.807, 2.05) is 66.1 Å². The summed E-state index contributed by atoms with van der Waals surface area (Å²) in [4.78, 5) is 29.9. The Bertz CT molecular complexity index is 1060. The van der Waals surface area contributed by atoms with E-state index in [4.69, 9.17) is 14.2 Å². The van der Waals surface area contributed by atoms with Crippen LogP contribution in [0.15, 0.2) is 42.5 Å². The van der Waals surface area contributed by atoms with E-state index in [1.165, 1.54) is 0 Å². The summed E-state index contributed by atoms with van der Waals surface area (Å²) in [6.45, 7) is 7.45. The number of hydrogen-bond donors (Lipinski definition) is 1. The third-order valence-corrected chi connectivity index (χ3v) is 7.29. The summed E-state index contributed by atoms with van der Waals surface area (Å²) in [5.41, 5.74) is 1.71. The third kappa shape index (κ3) is 4.93. The van der Waals surface area contributed by atoms with Crippen molar-refractivity contribution in [1.29, 1.82) is 0 Å². The Labute approximate surface area is 206 Å². The Kier molecular flexibility index (Phi) is 7.50. The Hall–Kier alpha value is -3.26. The molecule has 0 saturated carbocycles. The number of amides is 1.